The van der Waals surface area contributed by atoms with Crippen LogP contribution in [0.2, 0.25) is 5.02 Å². The van der Waals surface area contributed by atoms with Crippen LogP contribution in [0.25, 0.3) is 10.9 Å². The molecule has 1 aromatic heterocycles. The van der Waals surface area contributed by atoms with Gasteiger partial charge in [-0.15, -0.1) is 0 Å². The Bertz CT molecular complexity index is 945. The van der Waals surface area contributed by atoms with Crippen molar-refractivity contribution in [3.8, 4) is 0 Å². The molecule has 5 heteroatoms. The smallest absolute Gasteiger partial charge is 0.231 e. The lowest BCUT2D eigenvalue weighted by atomic mass is 9.92. The fourth-order valence-electron chi connectivity index (χ4n) is 3.09. The van der Waals surface area contributed by atoms with E-state index >= 15 is 0 Å². The van der Waals surface area contributed by atoms with Gasteiger partial charge in [0.15, 0.2) is 0 Å². The van der Waals surface area contributed by atoms with E-state index in [1.807, 2.05) is 30.3 Å². The summed E-state index contributed by atoms with van der Waals surface area (Å²) in [6, 6.07) is 12.8. The number of carbonyl (C=O) groups excluding carboxylic acids is 2. The van der Waals surface area contributed by atoms with Crippen LogP contribution >= 0.6 is 11.6 Å². The molecule has 0 amide bonds. The number of anilines is 1. The van der Waals surface area contributed by atoms with E-state index in [0.717, 1.165) is 22.2 Å². The minimum Gasteiger partial charge on any atom is -0.384 e. The molecule has 2 N–H and O–H groups in total. The molecule has 3 aromatic rings. The monoisotopic (exact) mass is 324 g/mol. The first-order chi connectivity index (χ1) is 11.1. The lowest BCUT2D eigenvalue weighted by molar-refractivity contribution is -0.116. The van der Waals surface area contributed by atoms with Crippen molar-refractivity contribution in [3.63, 3.8) is 0 Å². The van der Waals surface area contributed by atoms with Crippen molar-refractivity contribution < 1.29 is 9.59 Å². The number of rotatable bonds is 3. The van der Waals surface area contributed by atoms with Gasteiger partial charge in [0.25, 0.3) is 0 Å². The Morgan fingerprint density at radius 1 is 1.13 bits per heavy atom. The molecule has 1 aliphatic heterocycles. The van der Waals surface area contributed by atoms with E-state index < -0.39 is 17.5 Å². The van der Waals surface area contributed by atoms with Gasteiger partial charge in [-0.2, -0.15) is 0 Å². The van der Waals surface area contributed by atoms with Crippen LogP contribution in [-0.4, -0.2) is 23.1 Å². The third-order valence-corrected chi connectivity index (χ3v) is 4.49. The number of hydrogen-bond acceptors (Lipinski definition) is 3. The summed E-state index contributed by atoms with van der Waals surface area (Å²) in [4.78, 5) is 28.4. The highest BCUT2D eigenvalue weighted by Gasteiger charge is 2.34. The van der Waals surface area contributed by atoms with Gasteiger partial charge in [0.2, 0.25) is 11.6 Å². The Kier molecular flexibility index (Phi) is 3.20. The minimum absolute atomic E-state index is 0.414. The highest BCUT2D eigenvalue weighted by Crippen LogP contribution is 2.35. The number of aromatic nitrogens is 1. The predicted octanol–water partition coefficient (Wildman–Crippen LogP) is 3.78. The zero-order valence-corrected chi connectivity index (χ0v) is 12.9. The van der Waals surface area contributed by atoms with Gasteiger partial charge in [-0.1, -0.05) is 29.8 Å². The summed E-state index contributed by atoms with van der Waals surface area (Å²) in [6.45, 7) is 0.419. The second-order valence-electron chi connectivity index (χ2n) is 5.61. The van der Waals surface area contributed by atoms with Crippen molar-refractivity contribution in [1.29, 1.82) is 0 Å². The highest BCUT2D eigenvalue weighted by molar-refractivity contribution is 6.47. The van der Waals surface area contributed by atoms with Crippen LogP contribution in [0.1, 0.15) is 21.8 Å². The third-order valence-electron chi connectivity index (χ3n) is 4.26. The van der Waals surface area contributed by atoms with Gasteiger partial charge in [0, 0.05) is 34.4 Å². The normalized spacial score (nSPS) is 16.1. The van der Waals surface area contributed by atoms with Gasteiger partial charge in [0.1, 0.15) is 0 Å². The molecule has 1 aliphatic rings. The van der Waals surface area contributed by atoms with Crippen LogP contribution in [0.5, 0.6) is 0 Å². The van der Waals surface area contributed by atoms with E-state index in [2.05, 4.69) is 10.3 Å². The van der Waals surface area contributed by atoms with Crippen LogP contribution in [-0.2, 0) is 4.79 Å². The molecule has 1 unspecified atom stereocenters. The zero-order valence-electron chi connectivity index (χ0n) is 12.1. The number of nitrogens with one attached hydrogen (secondary N) is 2. The molecule has 0 fully saturated rings. The molecule has 2 heterocycles. The third kappa shape index (κ3) is 2.23. The molecule has 0 aliphatic carbocycles. The maximum absolute atomic E-state index is 12.7. The van der Waals surface area contributed by atoms with Crippen molar-refractivity contribution in [2.45, 2.75) is 5.92 Å². The van der Waals surface area contributed by atoms with Crippen molar-refractivity contribution in [3.05, 3.63) is 64.8 Å². The van der Waals surface area contributed by atoms with Crippen LogP contribution in [0.4, 0.5) is 5.69 Å². The number of aromatic amines is 1. The second kappa shape index (κ2) is 5.25. The molecule has 0 spiro atoms. The van der Waals surface area contributed by atoms with Gasteiger partial charge in [-0.3, -0.25) is 9.59 Å². The Balaban J connectivity index is 1.71. The minimum atomic E-state index is -0.495. The van der Waals surface area contributed by atoms with Crippen LogP contribution in [0, 0.1) is 0 Å². The molecular formula is C18H13ClN2O2. The van der Waals surface area contributed by atoms with E-state index in [0.29, 0.717) is 17.1 Å². The van der Waals surface area contributed by atoms with Crippen molar-refractivity contribution in [2.75, 3.05) is 11.9 Å². The van der Waals surface area contributed by atoms with E-state index in [9.17, 15) is 9.59 Å². The first kappa shape index (κ1) is 14.0. The molecule has 4 nitrogen and oxygen atoms in total. The Labute approximate surface area is 137 Å². The SMILES string of the molecule is O=C(C(=O)C1CNc2ccc(Cl)cc21)c1c[nH]c2ccccc12. The van der Waals surface area contributed by atoms with E-state index in [4.69, 9.17) is 11.6 Å². The lowest BCUT2D eigenvalue weighted by Gasteiger charge is -2.08. The largest absolute Gasteiger partial charge is 0.384 e. The Morgan fingerprint density at radius 3 is 2.83 bits per heavy atom. The molecule has 114 valence electrons. The number of Topliss-reactive ketones (excluding diaryl/α,β-unsaturated/α-hetero) is 2. The van der Waals surface area contributed by atoms with Gasteiger partial charge < -0.3 is 10.3 Å². The average Bonchev–Trinajstić information content (AvgIpc) is 3.17. The number of fused-ring (bicyclic) bond motifs is 2. The van der Waals surface area contributed by atoms with Gasteiger partial charge >= 0.3 is 0 Å². The summed E-state index contributed by atoms with van der Waals surface area (Å²) >= 11 is 6.02. The quantitative estimate of drug-likeness (QED) is 0.569. The van der Waals surface area contributed by atoms with Gasteiger partial charge in [0.05, 0.1) is 11.5 Å². The highest BCUT2D eigenvalue weighted by atomic mass is 35.5. The van der Waals surface area contributed by atoms with Crippen LogP contribution in [0.15, 0.2) is 48.7 Å². The molecule has 4 rings (SSSR count). The topological polar surface area (TPSA) is 62.0 Å². The fraction of sp³-hybridized carbons (Fsp3) is 0.111. The average molecular weight is 325 g/mol. The van der Waals surface area contributed by atoms with E-state index in [-0.39, 0.29) is 0 Å². The summed E-state index contributed by atoms with van der Waals surface area (Å²) < 4.78 is 0. The standard InChI is InChI=1S/C18H13ClN2O2/c19-10-5-6-16-12(7-10)14(9-21-16)18(23)17(22)13-8-20-15-4-2-1-3-11(13)15/h1-8,14,20-21H,9H2. The first-order valence-electron chi connectivity index (χ1n) is 7.33. The molecule has 0 radical (unpaired) electrons. The molecular weight excluding hydrogens is 312 g/mol. The van der Waals surface area contributed by atoms with Crippen molar-refractivity contribution in [2.24, 2.45) is 0 Å². The summed E-state index contributed by atoms with van der Waals surface area (Å²) in [5.74, 6) is -1.38. The summed E-state index contributed by atoms with van der Waals surface area (Å²) in [7, 11) is 0. The first-order valence-corrected chi connectivity index (χ1v) is 7.71. The van der Waals surface area contributed by atoms with Crippen molar-refractivity contribution >= 4 is 39.8 Å². The molecule has 0 saturated heterocycles. The molecule has 1 atom stereocenters. The zero-order chi connectivity index (χ0) is 16.0. The number of carbonyl (C=O) groups is 2. The maximum atomic E-state index is 12.7. The van der Waals surface area contributed by atoms with E-state index in [1.165, 1.54) is 0 Å². The summed E-state index contributed by atoms with van der Waals surface area (Å²) in [6.07, 6.45) is 1.60. The maximum Gasteiger partial charge on any atom is 0.231 e. The van der Waals surface area contributed by atoms with Gasteiger partial charge in [-0.25, -0.2) is 0 Å². The number of hydrogen-bond donors (Lipinski definition) is 2. The number of para-hydroxylation sites is 1. The lowest BCUT2D eigenvalue weighted by Crippen LogP contribution is -2.23. The number of ketones is 2. The summed E-state index contributed by atoms with van der Waals surface area (Å²) in [5, 5.41) is 4.48. The summed E-state index contributed by atoms with van der Waals surface area (Å²) in [5.41, 5.74) is 2.91. The number of benzene rings is 2. The fourth-order valence-corrected chi connectivity index (χ4v) is 3.27. The van der Waals surface area contributed by atoms with Crippen LogP contribution < -0.4 is 5.32 Å². The molecule has 0 bridgehead atoms. The molecule has 23 heavy (non-hydrogen) atoms. The molecule has 0 saturated carbocycles. The number of halogens is 1. The molecule has 2 aromatic carbocycles. The number of H-pyrrole nitrogens is 1. The second-order valence-corrected chi connectivity index (χ2v) is 6.04. The van der Waals surface area contributed by atoms with Crippen molar-refractivity contribution in [1.82, 2.24) is 4.98 Å². The Morgan fingerprint density at radius 2 is 1.96 bits per heavy atom. The van der Waals surface area contributed by atoms with E-state index in [1.54, 1.807) is 18.3 Å². The van der Waals surface area contributed by atoms with Crippen LogP contribution in [0.3, 0.4) is 0 Å². The van der Waals surface area contributed by atoms with Gasteiger partial charge in [-0.05, 0) is 29.8 Å². The predicted molar refractivity (Wildman–Crippen MR) is 90.3 cm³/mol. The Hall–Kier alpha value is -2.59.